The lowest BCUT2D eigenvalue weighted by molar-refractivity contribution is -0.151. The molecule has 13 atom stereocenters. The third-order valence-corrected chi connectivity index (χ3v) is 19.0. The Bertz CT molecular complexity index is 3100. The van der Waals surface area contributed by atoms with E-state index in [2.05, 4.69) is 41.6 Å². The van der Waals surface area contributed by atoms with Gasteiger partial charge in [0.1, 0.15) is 48.3 Å². The number of benzene rings is 2. The smallest absolute Gasteiger partial charge is 0.326 e. The lowest BCUT2D eigenvalue weighted by Gasteiger charge is -2.37. The maximum absolute atomic E-state index is 15.4. The molecule has 4 saturated heterocycles. The van der Waals surface area contributed by atoms with Crippen molar-refractivity contribution in [2.24, 2.45) is 61.0 Å². The molecule has 0 aromatic heterocycles. The van der Waals surface area contributed by atoms with Gasteiger partial charge in [0.25, 0.3) is 0 Å². The molecule has 2 aromatic carbocycles. The van der Waals surface area contributed by atoms with Crippen LogP contribution in [0.1, 0.15) is 102 Å². The molecule has 0 bridgehead atoms. The molecule has 5 aliphatic rings. The van der Waals surface area contributed by atoms with E-state index in [0.717, 1.165) is 29.1 Å². The maximum Gasteiger partial charge on any atom is 0.326 e. The van der Waals surface area contributed by atoms with Crippen molar-refractivity contribution in [2.75, 3.05) is 52.4 Å². The van der Waals surface area contributed by atoms with Crippen molar-refractivity contribution in [2.45, 2.75) is 179 Å². The number of guanidine groups is 3. The Morgan fingerprint density at radius 3 is 1.81 bits per heavy atom. The van der Waals surface area contributed by atoms with Gasteiger partial charge in [-0.25, -0.2) is 4.79 Å². The molecule has 95 heavy (non-hydrogen) atoms. The fraction of sp³-hybridized carbons (Fsp3) is 0.597. The number of nitrogens with zero attached hydrogens (tertiary/aromatic N) is 7. The lowest BCUT2D eigenvalue weighted by atomic mass is 9.84. The molecule has 4 aliphatic heterocycles. The number of amides is 9. The number of nitrogens with one attached hydrogen (secondary N) is 5. The number of fused-ring (bicyclic) bond motifs is 1. The number of carboxylic acids is 1. The Labute approximate surface area is 555 Å². The minimum Gasteiger partial charge on any atom is -0.480 e. The maximum atomic E-state index is 15.4. The summed E-state index contributed by atoms with van der Waals surface area (Å²) in [7, 11) is 0. The predicted molar refractivity (Wildman–Crippen MR) is 351 cm³/mol. The molecule has 9 amide bonds. The van der Waals surface area contributed by atoms with E-state index in [9.17, 15) is 53.7 Å². The summed E-state index contributed by atoms with van der Waals surface area (Å²) in [5.41, 5.74) is 39.5. The van der Waals surface area contributed by atoms with Crippen molar-refractivity contribution >= 4 is 88.8 Å². The van der Waals surface area contributed by atoms with Crippen molar-refractivity contribution in [3.05, 3.63) is 66.2 Å². The predicted octanol–water partition coefficient (Wildman–Crippen LogP) is -4.28. The van der Waals surface area contributed by atoms with Crippen LogP contribution in [0, 0.1) is 5.92 Å². The molecule has 0 radical (unpaired) electrons. The zero-order valence-corrected chi connectivity index (χ0v) is 54.1. The molecular formula is C62H93N19O13S. The average molecular weight is 1340 g/mol. The fourth-order valence-electron chi connectivity index (χ4n) is 13.2. The SMILES string of the molecule is NC(N)=NCCCC(N)C(=O)NC(CCCN=C(N)N)C(=O)N1CCCC1C(=O)N1CC(O)CC1C(=O)NCC(=O)NC(Cc1ccccc1)C(=O)NC(CO)C(=O)N1CC(Sc2ccccc2)CC1C(=O)N1C(C(=O)NC(CCCN=C(N)N)C(=O)O)CC2CCCCC21. The Balaban J connectivity index is 1.04. The van der Waals surface area contributed by atoms with E-state index in [0.29, 0.717) is 24.8 Å². The van der Waals surface area contributed by atoms with E-state index >= 15 is 9.59 Å². The molecule has 2 aromatic rings. The summed E-state index contributed by atoms with van der Waals surface area (Å²) in [6.45, 7) is -1.37. The fourth-order valence-corrected chi connectivity index (χ4v) is 14.4. The number of hydrogen-bond acceptors (Lipinski definition) is 17. The first-order valence-corrected chi connectivity index (χ1v) is 33.2. The largest absolute Gasteiger partial charge is 0.480 e. The van der Waals surface area contributed by atoms with Gasteiger partial charge in [-0.3, -0.25) is 58.1 Å². The molecule has 33 heteroatoms. The van der Waals surface area contributed by atoms with E-state index < -0.39 is 139 Å². The van der Waals surface area contributed by atoms with Gasteiger partial charge < -0.3 is 102 Å². The molecule has 0 spiro atoms. The van der Waals surface area contributed by atoms with Gasteiger partial charge in [0.15, 0.2) is 17.9 Å². The van der Waals surface area contributed by atoms with Gasteiger partial charge in [-0.2, -0.15) is 0 Å². The van der Waals surface area contributed by atoms with Crippen LogP contribution < -0.4 is 66.7 Å². The summed E-state index contributed by atoms with van der Waals surface area (Å²) >= 11 is 1.43. The van der Waals surface area contributed by atoms with E-state index in [1.807, 2.05) is 30.3 Å². The molecule has 13 unspecified atom stereocenters. The summed E-state index contributed by atoms with van der Waals surface area (Å²) in [6.07, 6.45) is 3.48. The molecule has 22 N–H and O–H groups in total. The van der Waals surface area contributed by atoms with E-state index in [1.165, 1.54) is 26.5 Å². The molecule has 5 fully saturated rings. The molecule has 32 nitrogen and oxygen atoms in total. The topological polar surface area (TPSA) is 524 Å². The highest BCUT2D eigenvalue weighted by atomic mass is 32.2. The highest BCUT2D eigenvalue weighted by Crippen LogP contribution is 2.42. The van der Waals surface area contributed by atoms with Crippen molar-refractivity contribution in [3.63, 3.8) is 0 Å². The Morgan fingerprint density at radius 2 is 1.18 bits per heavy atom. The van der Waals surface area contributed by atoms with Crippen LogP contribution in [0.4, 0.5) is 0 Å². The van der Waals surface area contributed by atoms with E-state index in [4.69, 9.17) is 40.1 Å². The van der Waals surface area contributed by atoms with Gasteiger partial charge >= 0.3 is 5.97 Å². The zero-order chi connectivity index (χ0) is 68.9. The number of aliphatic imine (C=N–C) groups is 3. The first kappa shape index (κ1) is 73.6. The molecule has 4 heterocycles. The minimum absolute atomic E-state index is 0.000379. The summed E-state index contributed by atoms with van der Waals surface area (Å²) in [6, 6.07) is 6.20. The van der Waals surface area contributed by atoms with Crippen molar-refractivity contribution in [1.29, 1.82) is 0 Å². The summed E-state index contributed by atoms with van der Waals surface area (Å²) in [4.78, 5) is 160. The van der Waals surface area contributed by atoms with E-state index in [1.54, 1.807) is 30.3 Å². The highest BCUT2D eigenvalue weighted by Gasteiger charge is 2.53. The number of likely N-dealkylation sites (tertiary alicyclic amines) is 4. The number of thioether (sulfide) groups is 1. The van der Waals surface area contributed by atoms with Crippen LogP contribution in [0.3, 0.4) is 0 Å². The molecule has 1 aliphatic carbocycles. The number of hydrogen-bond donors (Lipinski definition) is 15. The van der Waals surface area contributed by atoms with Gasteiger partial charge in [0.2, 0.25) is 53.2 Å². The zero-order valence-electron chi connectivity index (χ0n) is 53.3. The quantitative estimate of drug-likeness (QED) is 0.0187. The number of carboxylic acid groups (broad SMARTS) is 1. The third-order valence-electron chi connectivity index (χ3n) is 17.8. The Hall–Kier alpha value is -8.82. The first-order valence-electron chi connectivity index (χ1n) is 32.3. The van der Waals surface area contributed by atoms with Gasteiger partial charge in [-0.05, 0) is 101 Å². The summed E-state index contributed by atoms with van der Waals surface area (Å²) in [5, 5.41) is 44.8. The van der Waals surface area contributed by atoms with Crippen LogP contribution in [-0.4, -0.2) is 236 Å². The van der Waals surface area contributed by atoms with Crippen LogP contribution in [0.25, 0.3) is 0 Å². The van der Waals surface area contributed by atoms with E-state index in [-0.39, 0.29) is 133 Å². The van der Waals surface area contributed by atoms with Gasteiger partial charge in [0.05, 0.1) is 25.3 Å². The number of β-amino-alcohol motifs (C(OH)–C–C–N with tert-alkyl or cyclic N) is 1. The standard InChI is InChI=1S/C62H93N19O13S/c63-40(18-9-23-70-60(64)65)51(85)75-41(19-10-24-71-61(66)67)55(89)78-26-12-22-46(78)57(91)79-32-37(83)29-47(79)53(87)73-31-50(84)74-43(27-35-13-3-1-4-14-35)52(86)77-44(34-82)56(90)80-33-39(95-38-16-5-2-6-17-38)30-49(80)58(92)81-45-21-8-7-15-36(45)28-48(81)54(88)76-42(59(93)94)20-11-25-72-62(68)69/h1-6,13-14,16-17,36-37,39-49,82-83H,7-12,15,18-34,63H2,(H,73,87)(H,74,84)(H,75,85)(H,76,88)(H,77,86)(H,93,94)(H4,64,65,70)(H4,66,67,71)(H4,68,69,72). The number of aliphatic hydroxyl groups excluding tert-OH is 2. The second-order valence-electron chi connectivity index (χ2n) is 24.7. The van der Waals surface area contributed by atoms with Gasteiger partial charge in [-0.1, -0.05) is 61.4 Å². The molecule has 7 rings (SSSR count). The summed E-state index contributed by atoms with van der Waals surface area (Å²) in [5.74, 6) is -8.31. The second-order valence-corrected chi connectivity index (χ2v) is 26.0. The Kier molecular flexibility index (Phi) is 27.6. The van der Waals surface area contributed by atoms with Crippen molar-refractivity contribution in [1.82, 2.24) is 46.2 Å². The number of carbonyl (C=O) groups excluding carboxylic acids is 9. The first-order chi connectivity index (χ1) is 45.4. The molecule has 520 valence electrons. The second kappa shape index (κ2) is 35.6. The lowest BCUT2D eigenvalue weighted by Crippen LogP contribution is -2.60. The number of carbonyl (C=O) groups is 10. The number of aliphatic hydroxyl groups is 2. The summed E-state index contributed by atoms with van der Waals surface area (Å²) < 4.78 is 0. The highest BCUT2D eigenvalue weighted by molar-refractivity contribution is 8.00. The third kappa shape index (κ3) is 20.8. The van der Waals surface area contributed by atoms with Gasteiger partial charge in [-0.15, -0.1) is 11.8 Å². The van der Waals surface area contributed by atoms with Crippen molar-refractivity contribution < 1.29 is 63.3 Å². The molecular weight excluding hydrogens is 1250 g/mol. The number of aliphatic carboxylic acids is 1. The Morgan fingerprint density at radius 1 is 0.579 bits per heavy atom. The number of nitrogens with two attached hydrogens (primary N) is 7. The van der Waals surface area contributed by atoms with Crippen LogP contribution in [0.2, 0.25) is 0 Å². The van der Waals surface area contributed by atoms with Crippen LogP contribution in [0.5, 0.6) is 0 Å². The minimum atomic E-state index is -1.66. The molecule has 1 saturated carbocycles. The van der Waals surface area contributed by atoms with Gasteiger partial charge in [0, 0.05) is 68.3 Å². The van der Waals surface area contributed by atoms with Crippen LogP contribution in [0.15, 0.2) is 80.5 Å². The normalized spacial score (nSPS) is 22.9. The van der Waals surface area contributed by atoms with Crippen molar-refractivity contribution in [3.8, 4) is 0 Å². The number of rotatable bonds is 32. The monoisotopic (exact) mass is 1340 g/mol. The van der Waals surface area contributed by atoms with Crippen LogP contribution in [-0.2, 0) is 54.4 Å². The average Bonchev–Trinajstić information content (AvgIpc) is 1.63. The van der Waals surface area contributed by atoms with Crippen LogP contribution >= 0.6 is 11.8 Å².